The van der Waals surface area contributed by atoms with Crippen molar-refractivity contribution in [2.24, 2.45) is 0 Å². The summed E-state index contributed by atoms with van der Waals surface area (Å²) in [5.41, 5.74) is 29.7. The third-order valence-corrected chi connectivity index (χ3v) is 27.1. The normalized spacial score (nSPS) is 11.6. The molecule has 23 aromatic carbocycles. The summed E-state index contributed by atoms with van der Waals surface area (Å²) in [5, 5.41) is 19.9. The Morgan fingerprint density at radius 2 is 0.474 bits per heavy atom. The zero-order chi connectivity index (χ0) is 89.6. The molecule has 8 heteroatoms. The highest BCUT2D eigenvalue weighted by Gasteiger charge is 2.27. The lowest BCUT2D eigenvalue weighted by atomic mass is 9.88. The second-order valence-corrected chi connectivity index (χ2v) is 35.0. The molecule has 3 heterocycles. The maximum atomic E-state index is 5.11. The molecule has 0 aliphatic rings. The van der Waals surface area contributed by atoms with Crippen LogP contribution in [0.3, 0.4) is 0 Å². The van der Waals surface area contributed by atoms with Gasteiger partial charge in [0.1, 0.15) is 0 Å². The molecule has 634 valence electrons. The first-order chi connectivity index (χ1) is 66.8. The Kier molecular flexibility index (Phi) is 19.6. The van der Waals surface area contributed by atoms with E-state index in [4.69, 9.17) is 15.0 Å². The average Bonchev–Trinajstić information content (AvgIpc) is 1.65. The fraction of sp³-hybridized carbons (Fsp3) is 0.0157. The van der Waals surface area contributed by atoms with Crippen molar-refractivity contribution in [3.8, 4) is 78.9 Å². The van der Waals surface area contributed by atoms with Gasteiger partial charge in [-0.05, 0) is 276 Å². The zero-order valence-corrected chi connectivity index (χ0v) is 74.3. The number of rotatable bonds is 17. The van der Waals surface area contributed by atoms with E-state index in [1.54, 1.807) is 0 Å². The van der Waals surface area contributed by atoms with Gasteiger partial charge in [0.25, 0.3) is 0 Å². The van der Waals surface area contributed by atoms with Gasteiger partial charge in [-0.2, -0.15) is 0 Å². The smallest absolute Gasteiger partial charge is 0.164 e. The number of benzene rings is 23. The van der Waals surface area contributed by atoms with E-state index >= 15 is 0 Å². The van der Waals surface area contributed by atoms with Crippen LogP contribution in [0.25, 0.3) is 187 Å². The molecule has 0 saturated heterocycles. The van der Waals surface area contributed by atoms with Crippen LogP contribution in [0.5, 0.6) is 0 Å². The number of anilines is 9. The van der Waals surface area contributed by atoms with Gasteiger partial charge < -0.3 is 23.8 Å². The Balaban J connectivity index is 0.000000144. The van der Waals surface area contributed by atoms with Gasteiger partial charge in [-0.1, -0.05) is 322 Å². The monoisotopic (exact) mass is 1720 g/mol. The summed E-state index contributed by atoms with van der Waals surface area (Å²) in [6.45, 7) is 4.38. The minimum absolute atomic E-state index is 0.635. The van der Waals surface area contributed by atoms with E-state index in [-0.39, 0.29) is 0 Å². The number of hydrogen-bond donors (Lipinski definition) is 0. The molecule has 135 heavy (non-hydrogen) atoms. The summed E-state index contributed by atoms with van der Waals surface area (Å²) in [7, 11) is 0. The average molecular weight is 1720 g/mol. The van der Waals surface area contributed by atoms with Crippen LogP contribution in [0, 0.1) is 13.8 Å². The first kappa shape index (κ1) is 79.3. The predicted octanol–water partition coefficient (Wildman–Crippen LogP) is 34.6. The summed E-state index contributed by atoms with van der Waals surface area (Å²) in [6.07, 6.45) is 0. The number of aromatic nitrogens is 5. The van der Waals surface area contributed by atoms with E-state index in [0.29, 0.717) is 17.5 Å². The zero-order valence-electron chi connectivity index (χ0n) is 74.3. The Bertz CT molecular complexity index is 8760. The molecule has 0 spiro atoms. The van der Waals surface area contributed by atoms with E-state index in [2.05, 4.69) is 487 Å². The van der Waals surface area contributed by atoms with E-state index in [1.165, 1.54) is 153 Å². The van der Waals surface area contributed by atoms with Gasteiger partial charge >= 0.3 is 0 Å². The summed E-state index contributed by atoms with van der Waals surface area (Å²) in [6, 6.07) is 175. The van der Waals surface area contributed by atoms with Crippen LogP contribution in [0.1, 0.15) is 11.1 Å². The van der Waals surface area contributed by atoms with E-state index in [0.717, 1.165) is 78.8 Å². The van der Waals surface area contributed by atoms with Gasteiger partial charge in [0.2, 0.25) is 0 Å². The van der Waals surface area contributed by atoms with Crippen LogP contribution in [0.4, 0.5) is 51.2 Å². The fourth-order valence-electron chi connectivity index (χ4n) is 20.8. The van der Waals surface area contributed by atoms with Crippen molar-refractivity contribution < 1.29 is 0 Å². The Hall–Kier alpha value is -17.9. The molecule has 0 unspecified atom stereocenters. The van der Waals surface area contributed by atoms with E-state index < -0.39 is 0 Å². The highest BCUT2D eigenvalue weighted by molar-refractivity contribution is 6.35. The molecule has 0 atom stereocenters. The highest BCUT2D eigenvalue weighted by Crippen LogP contribution is 2.51. The third kappa shape index (κ3) is 13.9. The second-order valence-electron chi connectivity index (χ2n) is 35.0. The molecule has 0 bridgehead atoms. The summed E-state index contributed by atoms with van der Waals surface area (Å²) >= 11 is 0. The van der Waals surface area contributed by atoms with Crippen LogP contribution in [-0.4, -0.2) is 24.1 Å². The van der Waals surface area contributed by atoms with Gasteiger partial charge in [-0.15, -0.1) is 0 Å². The number of fused-ring (bicyclic) bond motifs is 8. The van der Waals surface area contributed by atoms with Crippen molar-refractivity contribution in [3.05, 3.63) is 496 Å². The molecule has 8 nitrogen and oxygen atoms in total. The first-order valence-corrected chi connectivity index (χ1v) is 46.2. The molecule has 0 aliphatic heterocycles. The molecule has 0 amide bonds. The maximum Gasteiger partial charge on any atom is 0.164 e. The maximum absolute atomic E-state index is 5.11. The first-order valence-electron chi connectivity index (χ1n) is 46.2. The standard InChI is InChI=1S/C66H47N3.C61H39N5/c1-44-16-12-14-24-61(44)68(62-25-15-13-17-45(62)2)55-34-26-46(27-35-55)49-33-41-63-59(42-49)60-43-50-32-39-57-56(38-30-48-31-40-58(65(50)64(48)57)66(60)69(63)53-22-10-5-11-23-53)47-28-36-54(37-29-47)67(51-18-6-3-7-19-51)52-20-8-4-9-21-52;1-6-16-42(17-7-1)59-62-60(43-18-8-2-9-19-43)64-61(63-59)45-31-37-55-53(39-45)54-38-44-30-35-51-50(34-28-41-29-36-52(57(44)56(41)51)58(54)66(55)48-24-14-5-15-25-48)40-26-32-49(33-27-40)65(46-20-10-3-11-21-46)47-22-12-4-13-23-47/h3-43H,1-2H3;1-39H. The van der Waals surface area contributed by atoms with Gasteiger partial charge in [0.05, 0.1) is 22.1 Å². The van der Waals surface area contributed by atoms with Crippen molar-refractivity contribution in [3.63, 3.8) is 0 Å². The SMILES string of the molecule is Cc1ccccc1N(c1ccc(-c2ccc3c(c2)c2cc4ccc5c(-c6ccc(N(c7ccccc7)c7ccccc7)cc6)ccc6ccc(c4c65)c2n3-c2ccccc2)cc1)c1ccccc1C.c1ccc(-c2nc(-c3ccccc3)nc(-c3ccc4c(c3)c3cc5ccc6c(-c7ccc(N(c8ccccc8)c8ccccc8)cc7)ccc7ccc(c5c76)c3n4-c3ccccc3)n2)cc1. The molecule has 0 aliphatic carbocycles. The van der Waals surface area contributed by atoms with Crippen LogP contribution < -0.4 is 14.7 Å². The molecule has 0 radical (unpaired) electrons. The van der Waals surface area contributed by atoms with Crippen molar-refractivity contribution in [1.29, 1.82) is 0 Å². The van der Waals surface area contributed by atoms with Crippen LogP contribution in [-0.2, 0) is 0 Å². The molecule has 26 rings (SSSR count). The van der Waals surface area contributed by atoms with Gasteiger partial charge in [0, 0.05) is 112 Å². The topological polar surface area (TPSA) is 58.2 Å². The highest BCUT2D eigenvalue weighted by atomic mass is 15.2. The number of nitrogens with zero attached hydrogens (tertiary/aromatic N) is 8. The van der Waals surface area contributed by atoms with Gasteiger partial charge in [0.15, 0.2) is 17.5 Å². The Morgan fingerprint density at radius 3 is 0.867 bits per heavy atom. The number of hydrogen-bond acceptors (Lipinski definition) is 6. The lowest BCUT2D eigenvalue weighted by Crippen LogP contribution is -2.12. The van der Waals surface area contributed by atoms with Crippen LogP contribution in [0.15, 0.2) is 485 Å². The lowest BCUT2D eigenvalue weighted by molar-refractivity contribution is 1.07. The van der Waals surface area contributed by atoms with E-state index in [9.17, 15) is 0 Å². The largest absolute Gasteiger partial charge is 0.311 e. The molecule has 26 aromatic rings. The molecular formula is C127H86N8. The Morgan fingerprint density at radius 1 is 0.185 bits per heavy atom. The molecule has 0 N–H and O–H groups in total. The molecule has 0 fully saturated rings. The van der Waals surface area contributed by atoms with Gasteiger partial charge in [-0.25, -0.2) is 15.0 Å². The molecule has 0 saturated carbocycles. The minimum atomic E-state index is 0.635. The number of aryl methyl sites for hydroxylation is 2. The van der Waals surface area contributed by atoms with Crippen LogP contribution in [0.2, 0.25) is 0 Å². The third-order valence-electron chi connectivity index (χ3n) is 27.1. The van der Waals surface area contributed by atoms with Crippen molar-refractivity contribution in [2.45, 2.75) is 13.8 Å². The van der Waals surface area contributed by atoms with Crippen molar-refractivity contribution in [1.82, 2.24) is 24.1 Å². The fourth-order valence-corrected chi connectivity index (χ4v) is 20.8. The summed E-state index contributed by atoms with van der Waals surface area (Å²) in [5.74, 6) is 1.92. The van der Waals surface area contributed by atoms with Crippen LogP contribution >= 0.6 is 0 Å². The quantitative estimate of drug-likeness (QED) is 0.0847. The minimum Gasteiger partial charge on any atom is -0.311 e. The summed E-state index contributed by atoms with van der Waals surface area (Å²) < 4.78 is 4.92. The number of para-hydroxylation sites is 8. The molecule has 3 aromatic heterocycles. The lowest BCUT2D eigenvalue weighted by Gasteiger charge is -2.28. The molecular weight excluding hydrogens is 1640 g/mol. The van der Waals surface area contributed by atoms with Gasteiger partial charge in [-0.3, -0.25) is 0 Å². The predicted molar refractivity (Wildman–Crippen MR) is 568 cm³/mol. The van der Waals surface area contributed by atoms with E-state index in [1.807, 2.05) is 36.4 Å². The van der Waals surface area contributed by atoms with Crippen molar-refractivity contribution in [2.75, 3.05) is 14.7 Å². The van der Waals surface area contributed by atoms with Crippen molar-refractivity contribution >= 4 is 159 Å². The summed E-state index contributed by atoms with van der Waals surface area (Å²) in [4.78, 5) is 22.2. The Labute approximate surface area is 782 Å². The second kappa shape index (κ2) is 33.3.